The van der Waals surface area contributed by atoms with E-state index in [9.17, 15) is 4.79 Å². The van der Waals surface area contributed by atoms with E-state index in [0.29, 0.717) is 12.6 Å². The first-order chi connectivity index (χ1) is 7.94. The van der Waals surface area contributed by atoms with Crippen LogP contribution in [0.2, 0.25) is 25.7 Å². The average molecular weight is 275 g/mol. The lowest BCUT2D eigenvalue weighted by molar-refractivity contribution is 0.0807. The number of hydrogen-bond acceptors (Lipinski definition) is 3. The lowest BCUT2D eigenvalue weighted by Gasteiger charge is -2.15. The Labute approximate surface area is 108 Å². The van der Waals surface area contributed by atoms with Crippen LogP contribution in [0.1, 0.15) is 10.6 Å². The molecular formula is C11H19ClN2O2Si. The number of ether oxygens (including phenoxy) is 1. The van der Waals surface area contributed by atoms with Gasteiger partial charge in [-0.2, -0.15) is 0 Å². The van der Waals surface area contributed by atoms with Gasteiger partial charge in [0.25, 0.3) is 0 Å². The monoisotopic (exact) mass is 274 g/mol. The largest absolute Gasteiger partial charge is 0.361 e. The van der Waals surface area contributed by atoms with Crippen LogP contribution >= 0.6 is 11.6 Å². The number of rotatable bonds is 7. The number of alkyl halides is 1. The van der Waals surface area contributed by atoms with E-state index >= 15 is 0 Å². The Hall–Kier alpha value is -0.653. The Balaban J connectivity index is 2.42. The molecule has 0 N–H and O–H groups in total. The van der Waals surface area contributed by atoms with Gasteiger partial charge >= 0.3 is 0 Å². The zero-order valence-corrected chi connectivity index (χ0v) is 12.3. The van der Waals surface area contributed by atoms with Gasteiger partial charge in [0.15, 0.2) is 5.82 Å². The highest BCUT2D eigenvalue weighted by Gasteiger charge is 2.13. The van der Waals surface area contributed by atoms with Gasteiger partial charge in [0.2, 0.25) is 5.78 Å². The lowest BCUT2D eigenvalue weighted by atomic mass is 10.4. The molecule has 0 aliphatic carbocycles. The Morgan fingerprint density at radius 3 is 2.82 bits per heavy atom. The molecule has 96 valence electrons. The standard InChI is InChI=1S/C11H19ClN2O2Si/c1-17(2,3)7-6-16-9-14-5-4-13-11(14)10(15)8-12/h4-5H,6-9H2,1-3H3. The number of ketones is 1. The van der Waals surface area contributed by atoms with E-state index in [2.05, 4.69) is 24.6 Å². The van der Waals surface area contributed by atoms with Crippen molar-refractivity contribution in [1.29, 1.82) is 0 Å². The molecule has 1 aromatic rings. The van der Waals surface area contributed by atoms with E-state index in [0.717, 1.165) is 12.7 Å². The van der Waals surface area contributed by atoms with Crippen LogP contribution in [0.3, 0.4) is 0 Å². The molecule has 6 heteroatoms. The number of hydrogen-bond donors (Lipinski definition) is 0. The molecule has 0 atom stereocenters. The van der Waals surface area contributed by atoms with Gasteiger partial charge in [-0.1, -0.05) is 19.6 Å². The summed E-state index contributed by atoms with van der Waals surface area (Å²) in [5.41, 5.74) is 0. The Kier molecular flexibility index (Phi) is 5.36. The van der Waals surface area contributed by atoms with Crippen LogP contribution in [0.15, 0.2) is 12.4 Å². The smallest absolute Gasteiger partial charge is 0.213 e. The van der Waals surface area contributed by atoms with Gasteiger partial charge in [-0.05, 0) is 6.04 Å². The summed E-state index contributed by atoms with van der Waals surface area (Å²) in [6.07, 6.45) is 3.32. The number of imidazole rings is 1. The second-order valence-corrected chi connectivity index (χ2v) is 11.0. The minimum atomic E-state index is -1.06. The molecule has 0 amide bonds. The van der Waals surface area contributed by atoms with Crippen molar-refractivity contribution in [3.8, 4) is 0 Å². The number of nitrogens with zero attached hydrogens (tertiary/aromatic N) is 2. The van der Waals surface area contributed by atoms with E-state index < -0.39 is 8.07 Å². The minimum Gasteiger partial charge on any atom is -0.361 e. The van der Waals surface area contributed by atoms with E-state index in [-0.39, 0.29) is 11.7 Å². The third-order valence-electron chi connectivity index (χ3n) is 2.31. The molecule has 1 rings (SSSR count). The molecule has 0 aliphatic heterocycles. The van der Waals surface area contributed by atoms with Crippen LogP contribution < -0.4 is 0 Å². The van der Waals surface area contributed by atoms with Gasteiger partial charge in [-0.3, -0.25) is 4.79 Å². The fourth-order valence-electron chi connectivity index (χ4n) is 1.27. The summed E-state index contributed by atoms with van der Waals surface area (Å²) < 4.78 is 7.24. The second-order valence-electron chi connectivity index (χ2n) is 5.13. The third-order valence-corrected chi connectivity index (χ3v) is 4.26. The summed E-state index contributed by atoms with van der Waals surface area (Å²) in [5.74, 6) is 0.143. The number of halogens is 1. The molecular weight excluding hydrogens is 256 g/mol. The zero-order valence-electron chi connectivity index (χ0n) is 10.6. The van der Waals surface area contributed by atoms with Crippen LogP contribution in [0, 0.1) is 0 Å². The molecule has 0 spiro atoms. The Morgan fingerprint density at radius 1 is 1.53 bits per heavy atom. The van der Waals surface area contributed by atoms with Crippen LogP contribution in [0.4, 0.5) is 0 Å². The van der Waals surface area contributed by atoms with E-state index in [1.54, 1.807) is 17.0 Å². The first-order valence-electron chi connectivity index (χ1n) is 5.62. The van der Waals surface area contributed by atoms with Crippen molar-refractivity contribution in [2.75, 3.05) is 12.5 Å². The fourth-order valence-corrected chi connectivity index (χ4v) is 2.14. The topological polar surface area (TPSA) is 44.1 Å². The molecule has 17 heavy (non-hydrogen) atoms. The molecule has 0 aliphatic rings. The summed E-state index contributed by atoms with van der Waals surface area (Å²) in [5, 5.41) is 0. The number of Topliss-reactive ketones (excluding diaryl/α,β-unsaturated/α-hetero) is 1. The van der Waals surface area contributed by atoms with Gasteiger partial charge in [-0.15, -0.1) is 11.6 Å². The summed E-state index contributed by atoms with van der Waals surface area (Å²) in [6, 6.07) is 1.11. The van der Waals surface area contributed by atoms with E-state index in [4.69, 9.17) is 16.3 Å². The predicted octanol–water partition coefficient (Wildman–Crippen LogP) is 2.62. The molecule has 0 aromatic carbocycles. The van der Waals surface area contributed by atoms with Crippen molar-refractivity contribution in [1.82, 2.24) is 9.55 Å². The number of carbonyl (C=O) groups is 1. The highest BCUT2D eigenvalue weighted by Crippen LogP contribution is 2.08. The molecule has 0 saturated carbocycles. The van der Waals surface area contributed by atoms with Gasteiger partial charge in [0.1, 0.15) is 6.73 Å². The predicted molar refractivity (Wildman–Crippen MR) is 71.4 cm³/mol. The highest BCUT2D eigenvalue weighted by molar-refractivity contribution is 6.76. The maximum Gasteiger partial charge on any atom is 0.213 e. The Morgan fingerprint density at radius 2 is 2.24 bits per heavy atom. The van der Waals surface area contributed by atoms with Crippen LogP contribution in [-0.4, -0.2) is 35.9 Å². The maximum absolute atomic E-state index is 11.4. The SMILES string of the molecule is C[Si](C)(C)CCOCn1ccnc1C(=O)CCl. The molecule has 0 saturated heterocycles. The molecule has 0 fully saturated rings. The van der Waals surface area contributed by atoms with Crippen molar-refractivity contribution < 1.29 is 9.53 Å². The summed E-state index contributed by atoms with van der Waals surface area (Å²) in [7, 11) is -1.06. The second kappa shape index (κ2) is 6.33. The molecule has 4 nitrogen and oxygen atoms in total. The van der Waals surface area contributed by atoms with Crippen LogP contribution in [-0.2, 0) is 11.5 Å². The fraction of sp³-hybridized carbons (Fsp3) is 0.636. The normalized spacial score (nSPS) is 11.8. The summed E-state index contributed by atoms with van der Waals surface area (Å²) in [4.78, 5) is 15.4. The summed E-state index contributed by atoms with van der Waals surface area (Å²) >= 11 is 5.50. The van der Waals surface area contributed by atoms with Crippen LogP contribution in [0.5, 0.6) is 0 Å². The van der Waals surface area contributed by atoms with Crippen molar-refractivity contribution in [2.45, 2.75) is 32.4 Å². The van der Waals surface area contributed by atoms with Crippen molar-refractivity contribution in [3.05, 3.63) is 18.2 Å². The lowest BCUT2D eigenvalue weighted by Crippen LogP contribution is -2.22. The first kappa shape index (κ1) is 14.4. The molecule has 1 heterocycles. The van der Waals surface area contributed by atoms with Crippen LogP contribution in [0.25, 0.3) is 0 Å². The number of carbonyl (C=O) groups excluding carboxylic acids is 1. The van der Waals surface area contributed by atoms with Gasteiger partial charge in [0.05, 0.1) is 5.88 Å². The average Bonchev–Trinajstić information content (AvgIpc) is 2.70. The molecule has 0 unspecified atom stereocenters. The highest BCUT2D eigenvalue weighted by atomic mass is 35.5. The third kappa shape index (κ3) is 5.02. The van der Waals surface area contributed by atoms with E-state index in [1.807, 2.05) is 0 Å². The van der Waals surface area contributed by atoms with Crippen molar-refractivity contribution in [2.24, 2.45) is 0 Å². The molecule has 0 bridgehead atoms. The van der Waals surface area contributed by atoms with Gasteiger partial charge in [-0.25, -0.2) is 4.98 Å². The number of aromatic nitrogens is 2. The van der Waals surface area contributed by atoms with E-state index in [1.165, 1.54) is 0 Å². The Bertz CT molecular complexity index is 374. The van der Waals surface area contributed by atoms with Crippen molar-refractivity contribution in [3.63, 3.8) is 0 Å². The zero-order chi connectivity index (χ0) is 12.9. The van der Waals surface area contributed by atoms with Gasteiger partial charge < -0.3 is 9.30 Å². The minimum absolute atomic E-state index is 0.0497. The summed E-state index contributed by atoms with van der Waals surface area (Å²) in [6.45, 7) is 7.99. The van der Waals surface area contributed by atoms with Crippen molar-refractivity contribution >= 4 is 25.5 Å². The quantitative estimate of drug-likeness (QED) is 0.332. The maximum atomic E-state index is 11.4. The first-order valence-corrected chi connectivity index (χ1v) is 9.86. The molecule has 1 aromatic heterocycles. The molecule has 0 radical (unpaired) electrons. The van der Waals surface area contributed by atoms with Gasteiger partial charge in [0, 0.05) is 27.1 Å².